The third kappa shape index (κ3) is 2.05. The molecule has 94 valence electrons. The van der Waals surface area contributed by atoms with Crippen LogP contribution in [0, 0.1) is 0 Å². The smallest absolute Gasteiger partial charge is 0.268 e. The summed E-state index contributed by atoms with van der Waals surface area (Å²) in [6.45, 7) is 2.48. The van der Waals surface area contributed by atoms with Gasteiger partial charge in [0.25, 0.3) is 5.91 Å². The highest BCUT2D eigenvalue weighted by atomic mass is 16.5. The number of ether oxygens (including phenoxy) is 1. The number of nitrogens with one attached hydrogen (secondary N) is 1. The predicted molar refractivity (Wildman–Crippen MR) is 69.0 cm³/mol. The SMILES string of the molecule is CCOc1ccc2c(N)c(C(=O)NN)cnc2c1. The van der Waals surface area contributed by atoms with E-state index in [1.807, 2.05) is 12.3 Å². The van der Waals surface area contributed by atoms with E-state index in [0.29, 0.717) is 28.9 Å². The highest BCUT2D eigenvalue weighted by Crippen LogP contribution is 2.26. The zero-order chi connectivity index (χ0) is 13.1. The molecule has 0 saturated carbocycles. The molecule has 1 aromatic heterocycles. The number of anilines is 1. The Kier molecular flexibility index (Phi) is 3.29. The number of hydrogen-bond acceptors (Lipinski definition) is 5. The first-order chi connectivity index (χ1) is 8.67. The number of pyridine rings is 1. The predicted octanol–water partition coefficient (Wildman–Crippen LogP) is 0.819. The molecule has 6 heteroatoms. The van der Waals surface area contributed by atoms with E-state index in [2.05, 4.69) is 4.98 Å². The summed E-state index contributed by atoms with van der Waals surface area (Å²) in [6, 6.07) is 5.34. The van der Waals surface area contributed by atoms with Gasteiger partial charge in [-0.1, -0.05) is 0 Å². The Morgan fingerprint density at radius 1 is 1.50 bits per heavy atom. The van der Waals surface area contributed by atoms with Crippen molar-refractivity contribution in [2.24, 2.45) is 5.84 Å². The van der Waals surface area contributed by atoms with Crippen LogP contribution in [0.1, 0.15) is 17.3 Å². The lowest BCUT2D eigenvalue weighted by Crippen LogP contribution is -2.30. The standard InChI is InChI=1S/C12H14N4O2/c1-2-18-7-3-4-8-10(5-7)15-6-9(11(8)13)12(17)16-14/h3-6H,2,14H2,1H3,(H2,13,15)(H,16,17). The Hall–Kier alpha value is -2.34. The Bertz CT molecular complexity index is 598. The van der Waals surface area contributed by atoms with Crippen LogP contribution in [0.3, 0.4) is 0 Å². The van der Waals surface area contributed by atoms with E-state index in [1.165, 1.54) is 6.20 Å². The fraction of sp³-hybridized carbons (Fsp3) is 0.167. The summed E-state index contributed by atoms with van der Waals surface area (Å²) in [5, 5.41) is 0.694. The number of amides is 1. The Morgan fingerprint density at radius 3 is 2.94 bits per heavy atom. The first kappa shape index (κ1) is 12.1. The lowest BCUT2D eigenvalue weighted by molar-refractivity contribution is 0.0954. The number of nitrogens with two attached hydrogens (primary N) is 2. The van der Waals surface area contributed by atoms with E-state index in [-0.39, 0.29) is 5.56 Å². The second-order valence-corrected chi connectivity index (χ2v) is 3.67. The van der Waals surface area contributed by atoms with Gasteiger partial charge in [-0.3, -0.25) is 15.2 Å². The molecule has 0 spiro atoms. The zero-order valence-electron chi connectivity index (χ0n) is 9.93. The number of hydrazine groups is 1. The fourth-order valence-electron chi connectivity index (χ4n) is 1.71. The first-order valence-electron chi connectivity index (χ1n) is 5.49. The highest BCUT2D eigenvalue weighted by molar-refractivity contribution is 6.06. The minimum absolute atomic E-state index is 0.258. The van der Waals surface area contributed by atoms with Gasteiger partial charge in [0.1, 0.15) is 5.75 Å². The van der Waals surface area contributed by atoms with E-state index >= 15 is 0 Å². The van der Waals surface area contributed by atoms with Crippen molar-refractivity contribution in [2.45, 2.75) is 6.92 Å². The van der Waals surface area contributed by atoms with Crippen molar-refractivity contribution in [3.05, 3.63) is 30.0 Å². The molecule has 5 N–H and O–H groups in total. The number of rotatable bonds is 3. The lowest BCUT2D eigenvalue weighted by Gasteiger charge is -2.09. The zero-order valence-corrected chi connectivity index (χ0v) is 9.93. The van der Waals surface area contributed by atoms with Gasteiger partial charge in [0, 0.05) is 17.6 Å². The van der Waals surface area contributed by atoms with Crippen LogP contribution < -0.4 is 21.7 Å². The first-order valence-corrected chi connectivity index (χ1v) is 5.49. The van der Waals surface area contributed by atoms with Crippen LogP contribution in [0.15, 0.2) is 24.4 Å². The minimum Gasteiger partial charge on any atom is -0.494 e. The summed E-state index contributed by atoms with van der Waals surface area (Å²) < 4.78 is 5.37. The van der Waals surface area contributed by atoms with E-state index in [9.17, 15) is 4.79 Å². The van der Waals surface area contributed by atoms with Gasteiger partial charge < -0.3 is 10.5 Å². The second kappa shape index (κ2) is 4.89. The van der Waals surface area contributed by atoms with Crippen LogP contribution in [0.2, 0.25) is 0 Å². The van der Waals surface area contributed by atoms with Crippen molar-refractivity contribution in [1.29, 1.82) is 0 Å². The van der Waals surface area contributed by atoms with Gasteiger partial charge in [-0.15, -0.1) is 0 Å². The average Bonchev–Trinajstić information content (AvgIpc) is 2.38. The summed E-state index contributed by atoms with van der Waals surface area (Å²) in [7, 11) is 0. The number of aromatic nitrogens is 1. The van der Waals surface area contributed by atoms with Crippen LogP contribution >= 0.6 is 0 Å². The largest absolute Gasteiger partial charge is 0.494 e. The van der Waals surface area contributed by atoms with Gasteiger partial charge in [-0.2, -0.15) is 0 Å². The molecule has 0 atom stereocenters. The van der Waals surface area contributed by atoms with Gasteiger partial charge in [-0.05, 0) is 19.1 Å². The molecule has 2 rings (SSSR count). The summed E-state index contributed by atoms with van der Waals surface area (Å²) in [4.78, 5) is 15.6. The highest BCUT2D eigenvalue weighted by Gasteiger charge is 2.12. The molecule has 0 unspecified atom stereocenters. The Morgan fingerprint density at radius 2 is 2.28 bits per heavy atom. The van der Waals surface area contributed by atoms with Crippen LogP contribution in [0.4, 0.5) is 5.69 Å². The fourth-order valence-corrected chi connectivity index (χ4v) is 1.71. The number of nitrogen functional groups attached to an aromatic ring is 2. The van der Waals surface area contributed by atoms with Crippen molar-refractivity contribution in [2.75, 3.05) is 12.3 Å². The van der Waals surface area contributed by atoms with Crippen molar-refractivity contribution in [1.82, 2.24) is 10.4 Å². The molecule has 0 fully saturated rings. The molecular weight excluding hydrogens is 232 g/mol. The second-order valence-electron chi connectivity index (χ2n) is 3.67. The molecule has 18 heavy (non-hydrogen) atoms. The lowest BCUT2D eigenvalue weighted by atomic mass is 10.1. The molecule has 0 aliphatic heterocycles. The van der Waals surface area contributed by atoms with Crippen molar-refractivity contribution in [3.63, 3.8) is 0 Å². The summed E-state index contributed by atoms with van der Waals surface area (Å²) in [6.07, 6.45) is 1.40. The molecule has 6 nitrogen and oxygen atoms in total. The molecule has 1 aromatic carbocycles. The summed E-state index contributed by atoms with van der Waals surface area (Å²) >= 11 is 0. The maximum absolute atomic E-state index is 11.5. The molecule has 0 aliphatic rings. The van der Waals surface area contributed by atoms with Gasteiger partial charge >= 0.3 is 0 Å². The van der Waals surface area contributed by atoms with E-state index in [4.69, 9.17) is 16.3 Å². The number of benzene rings is 1. The van der Waals surface area contributed by atoms with Crippen LogP contribution in [0.25, 0.3) is 10.9 Å². The van der Waals surface area contributed by atoms with E-state index in [0.717, 1.165) is 0 Å². The third-order valence-electron chi connectivity index (χ3n) is 2.57. The number of carbonyl (C=O) groups excluding carboxylic acids is 1. The number of fused-ring (bicyclic) bond motifs is 1. The molecule has 0 aliphatic carbocycles. The van der Waals surface area contributed by atoms with Crippen LogP contribution in [0.5, 0.6) is 5.75 Å². The number of hydrogen-bond donors (Lipinski definition) is 3. The minimum atomic E-state index is -0.462. The number of nitrogens with zero attached hydrogens (tertiary/aromatic N) is 1. The van der Waals surface area contributed by atoms with Gasteiger partial charge in [0.05, 0.1) is 23.4 Å². The maximum Gasteiger partial charge on any atom is 0.268 e. The molecule has 0 bridgehead atoms. The van der Waals surface area contributed by atoms with Crippen LogP contribution in [-0.4, -0.2) is 17.5 Å². The van der Waals surface area contributed by atoms with Gasteiger partial charge in [-0.25, -0.2) is 5.84 Å². The molecule has 0 saturated heterocycles. The molecule has 1 heterocycles. The molecule has 2 aromatic rings. The van der Waals surface area contributed by atoms with Crippen molar-refractivity contribution in [3.8, 4) is 5.75 Å². The van der Waals surface area contributed by atoms with Crippen molar-refractivity contribution < 1.29 is 9.53 Å². The van der Waals surface area contributed by atoms with Crippen LogP contribution in [-0.2, 0) is 0 Å². The molecule has 0 radical (unpaired) electrons. The normalized spacial score (nSPS) is 10.3. The van der Waals surface area contributed by atoms with Gasteiger partial charge in [0.2, 0.25) is 0 Å². The monoisotopic (exact) mass is 246 g/mol. The Balaban J connectivity index is 2.55. The number of carbonyl (C=O) groups is 1. The van der Waals surface area contributed by atoms with Crippen molar-refractivity contribution >= 4 is 22.5 Å². The third-order valence-corrected chi connectivity index (χ3v) is 2.57. The molecular formula is C12H14N4O2. The summed E-state index contributed by atoms with van der Waals surface area (Å²) in [5.41, 5.74) is 9.24. The quantitative estimate of drug-likeness (QED) is 0.422. The van der Waals surface area contributed by atoms with E-state index in [1.54, 1.807) is 18.2 Å². The van der Waals surface area contributed by atoms with Gasteiger partial charge in [0.15, 0.2) is 0 Å². The topological polar surface area (TPSA) is 103 Å². The average molecular weight is 246 g/mol. The Labute approximate surface area is 104 Å². The molecule has 1 amide bonds. The summed E-state index contributed by atoms with van der Waals surface area (Å²) in [5.74, 6) is 5.33. The van der Waals surface area contributed by atoms with E-state index < -0.39 is 5.91 Å². The maximum atomic E-state index is 11.5.